The monoisotopic (exact) mass is 272 g/mol. The van der Waals surface area contributed by atoms with E-state index in [-0.39, 0.29) is 5.41 Å². The lowest BCUT2D eigenvalue weighted by Gasteiger charge is -2.21. The van der Waals surface area contributed by atoms with Crippen LogP contribution in [0.3, 0.4) is 0 Å². The van der Waals surface area contributed by atoms with Crippen molar-refractivity contribution in [3.8, 4) is 0 Å². The number of para-hydroxylation sites is 1. The normalized spacial score (nSPS) is 15.8. The molecule has 0 atom stereocenters. The zero-order valence-electron chi connectivity index (χ0n) is 12.2. The maximum Gasteiger partial charge on any atom is 0.337 e. The average Bonchev–Trinajstić information content (AvgIpc) is 3.11. The summed E-state index contributed by atoms with van der Waals surface area (Å²) in [7, 11) is 0. The summed E-state index contributed by atoms with van der Waals surface area (Å²) in [5.41, 5.74) is 2.02. The molecule has 20 heavy (non-hydrogen) atoms. The fraction of sp³-hybridized carbons (Fsp3) is 0.500. The number of carbonyl (C=O) groups is 1. The molecule has 1 aromatic heterocycles. The van der Waals surface area contributed by atoms with Gasteiger partial charge in [0.2, 0.25) is 0 Å². The molecular weight excluding hydrogens is 252 g/mol. The van der Waals surface area contributed by atoms with Crippen LogP contribution in [0.15, 0.2) is 18.2 Å². The summed E-state index contributed by atoms with van der Waals surface area (Å²) < 4.78 is 2.14. The van der Waals surface area contributed by atoms with Gasteiger partial charge in [0.05, 0.1) is 16.6 Å². The third-order valence-electron chi connectivity index (χ3n) is 3.60. The molecule has 4 nitrogen and oxygen atoms in total. The molecule has 0 saturated heterocycles. The van der Waals surface area contributed by atoms with Crippen LogP contribution in [-0.2, 0) is 6.54 Å². The van der Waals surface area contributed by atoms with Crippen molar-refractivity contribution in [2.24, 2.45) is 5.41 Å². The molecule has 0 radical (unpaired) electrons. The van der Waals surface area contributed by atoms with Crippen molar-refractivity contribution in [2.75, 3.05) is 0 Å². The quantitative estimate of drug-likeness (QED) is 0.927. The van der Waals surface area contributed by atoms with Crippen molar-refractivity contribution in [2.45, 2.75) is 46.1 Å². The maximum absolute atomic E-state index is 11.5. The Labute approximate surface area is 118 Å². The minimum Gasteiger partial charge on any atom is -0.478 e. The summed E-state index contributed by atoms with van der Waals surface area (Å²) >= 11 is 0. The van der Waals surface area contributed by atoms with Crippen LogP contribution in [0.4, 0.5) is 0 Å². The van der Waals surface area contributed by atoms with Crippen LogP contribution < -0.4 is 0 Å². The summed E-state index contributed by atoms with van der Waals surface area (Å²) in [5, 5.41) is 9.43. The second-order valence-corrected chi connectivity index (χ2v) is 6.87. The van der Waals surface area contributed by atoms with E-state index in [2.05, 4.69) is 25.3 Å². The fourth-order valence-electron chi connectivity index (χ4n) is 2.66. The lowest BCUT2D eigenvalue weighted by Crippen LogP contribution is -2.18. The molecule has 3 rings (SSSR count). The number of nitrogens with zero attached hydrogens (tertiary/aromatic N) is 2. The van der Waals surface area contributed by atoms with Gasteiger partial charge in [-0.3, -0.25) is 0 Å². The first-order valence-electron chi connectivity index (χ1n) is 7.09. The highest BCUT2D eigenvalue weighted by atomic mass is 16.4. The number of carboxylic acid groups (broad SMARTS) is 1. The number of fused-ring (bicyclic) bond motifs is 1. The molecule has 0 amide bonds. The van der Waals surface area contributed by atoms with Gasteiger partial charge >= 0.3 is 5.97 Å². The Morgan fingerprint density at radius 3 is 2.65 bits per heavy atom. The van der Waals surface area contributed by atoms with Gasteiger partial charge < -0.3 is 9.67 Å². The SMILES string of the molecule is CC(C)(C)Cn1c(C2CC2)nc2cccc(C(=O)O)c21. The summed E-state index contributed by atoms with van der Waals surface area (Å²) in [6.07, 6.45) is 2.33. The van der Waals surface area contributed by atoms with Crippen LogP contribution >= 0.6 is 0 Å². The molecule has 1 saturated carbocycles. The van der Waals surface area contributed by atoms with E-state index in [1.807, 2.05) is 6.07 Å². The topological polar surface area (TPSA) is 55.1 Å². The molecule has 1 N–H and O–H groups in total. The zero-order valence-corrected chi connectivity index (χ0v) is 12.2. The number of hydrogen-bond donors (Lipinski definition) is 1. The largest absolute Gasteiger partial charge is 0.478 e. The van der Waals surface area contributed by atoms with E-state index in [1.165, 1.54) is 0 Å². The van der Waals surface area contributed by atoms with E-state index in [9.17, 15) is 9.90 Å². The van der Waals surface area contributed by atoms with Gasteiger partial charge in [-0.2, -0.15) is 0 Å². The van der Waals surface area contributed by atoms with Crippen LogP contribution in [0.5, 0.6) is 0 Å². The van der Waals surface area contributed by atoms with E-state index < -0.39 is 5.97 Å². The minimum absolute atomic E-state index is 0.0862. The highest BCUT2D eigenvalue weighted by Crippen LogP contribution is 2.41. The number of aromatic carboxylic acids is 1. The van der Waals surface area contributed by atoms with Gasteiger partial charge in [-0.05, 0) is 30.4 Å². The first kappa shape index (κ1) is 13.2. The van der Waals surface area contributed by atoms with Crippen LogP contribution in [0.2, 0.25) is 0 Å². The van der Waals surface area contributed by atoms with Crippen molar-refractivity contribution >= 4 is 17.0 Å². The van der Waals surface area contributed by atoms with Crippen LogP contribution in [0.1, 0.15) is 55.7 Å². The van der Waals surface area contributed by atoms with E-state index in [4.69, 9.17) is 4.98 Å². The third kappa shape index (κ3) is 2.30. The van der Waals surface area contributed by atoms with Crippen molar-refractivity contribution < 1.29 is 9.90 Å². The lowest BCUT2D eigenvalue weighted by molar-refractivity contribution is 0.0698. The van der Waals surface area contributed by atoms with Gasteiger partial charge in [0.1, 0.15) is 5.82 Å². The number of imidazole rings is 1. The molecule has 0 bridgehead atoms. The average molecular weight is 272 g/mol. The number of carboxylic acids is 1. The van der Waals surface area contributed by atoms with Gasteiger partial charge in [0, 0.05) is 12.5 Å². The number of aromatic nitrogens is 2. The molecule has 1 aliphatic rings. The molecule has 2 aromatic rings. The standard InChI is InChI=1S/C16H20N2O2/c1-16(2,3)9-18-13-11(15(19)20)5-4-6-12(13)17-14(18)10-7-8-10/h4-6,10H,7-9H2,1-3H3,(H,19,20). The number of benzene rings is 1. The summed E-state index contributed by atoms with van der Waals surface area (Å²) in [5.74, 6) is 0.683. The molecule has 1 aliphatic carbocycles. The van der Waals surface area contributed by atoms with E-state index >= 15 is 0 Å². The van der Waals surface area contributed by atoms with Crippen molar-refractivity contribution in [3.05, 3.63) is 29.6 Å². The Balaban J connectivity index is 2.26. The first-order valence-corrected chi connectivity index (χ1v) is 7.09. The number of rotatable bonds is 3. The van der Waals surface area contributed by atoms with Gasteiger partial charge in [0.15, 0.2) is 0 Å². The van der Waals surface area contributed by atoms with Gasteiger partial charge in [0.25, 0.3) is 0 Å². The Morgan fingerprint density at radius 1 is 1.40 bits per heavy atom. The maximum atomic E-state index is 11.5. The molecule has 4 heteroatoms. The van der Waals surface area contributed by atoms with Crippen molar-refractivity contribution in [3.63, 3.8) is 0 Å². The Kier molecular flexibility index (Phi) is 2.85. The molecule has 0 spiro atoms. The zero-order chi connectivity index (χ0) is 14.5. The van der Waals surface area contributed by atoms with Crippen LogP contribution in [0, 0.1) is 5.41 Å². The summed E-state index contributed by atoms with van der Waals surface area (Å²) in [6.45, 7) is 7.29. The number of hydrogen-bond acceptors (Lipinski definition) is 2. The molecule has 0 unspecified atom stereocenters. The van der Waals surface area contributed by atoms with E-state index in [1.54, 1.807) is 12.1 Å². The second kappa shape index (κ2) is 4.33. The summed E-state index contributed by atoms with van der Waals surface area (Å²) in [6, 6.07) is 5.35. The predicted molar refractivity (Wildman–Crippen MR) is 78.1 cm³/mol. The Hall–Kier alpha value is -1.84. The molecular formula is C16H20N2O2. The Bertz CT molecular complexity index is 676. The molecule has 1 fully saturated rings. The van der Waals surface area contributed by atoms with E-state index in [0.717, 1.165) is 36.2 Å². The summed E-state index contributed by atoms with van der Waals surface area (Å²) in [4.78, 5) is 16.2. The second-order valence-electron chi connectivity index (χ2n) is 6.87. The molecule has 1 aromatic carbocycles. The highest BCUT2D eigenvalue weighted by molar-refractivity contribution is 6.01. The van der Waals surface area contributed by atoms with Crippen molar-refractivity contribution in [1.82, 2.24) is 9.55 Å². The molecule has 0 aliphatic heterocycles. The predicted octanol–water partition coefficient (Wildman–Crippen LogP) is 3.66. The third-order valence-corrected chi connectivity index (χ3v) is 3.60. The smallest absolute Gasteiger partial charge is 0.337 e. The Morgan fingerprint density at radius 2 is 2.10 bits per heavy atom. The van der Waals surface area contributed by atoms with Crippen LogP contribution in [0.25, 0.3) is 11.0 Å². The van der Waals surface area contributed by atoms with Crippen molar-refractivity contribution in [1.29, 1.82) is 0 Å². The minimum atomic E-state index is -0.881. The molecule has 1 heterocycles. The van der Waals surface area contributed by atoms with Gasteiger partial charge in [-0.25, -0.2) is 9.78 Å². The lowest BCUT2D eigenvalue weighted by atomic mass is 9.96. The van der Waals surface area contributed by atoms with Gasteiger partial charge in [-0.1, -0.05) is 26.8 Å². The highest BCUT2D eigenvalue weighted by Gasteiger charge is 2.31. The van der Waals surface area contributed by atoms with Gasteiger partial charge in [-0.15, -0.1) is 0 Å². The first-order chi connectivity index (χ1) is 9.37. The molecule has 106 valence electrons. The van der Waals surface area contributed by atoms with E-state index in [0.29, 0.717) is 11.5 Å². The van der Waals surface area contributed by atoms with Crippen LogP contribution in [-0.4, -0.2) is 20.6 Å². The fourth-order valence-corrected chi connectivity index (χ4v) is 2.66.